The Kier molecular flexibility index (Phi) is 2.26. The summed E-state index contributed by atoms with van der Waals surface area (Å²) in [4.78, 5) is 21.8. The van der Waals surface area contributed by atoms with Crippen molar-refractivity contribution in [3.05, 3.63) is 11.9 Å². The molecule has 1 heterocycles. The maximum atomic E-state index is 11.0. The minimum absolute atomic E-state index is 0.135. The monoisotopic (exact) mass is 208 g/mol. The third kappa shape index (κ3) is 1.74. The predicted molar refractivity (Wildman–Crippen MR) is 51.0 cm³/mol. The van der Waals surface area contributed by atoms with Crippen LogP contribution in [0.2, 0.25) is 0 Å². The third-order valence-electron chi connectivity index (χ3n) is 2.82. The first kappa shape index (κ1) is 9.82. The Balaban J connectivity index is 2.01. The highest BCUT2D eigenvalue weighted by molar-refractivity contribution is 5.90. The van der Waals surface area contributed by atoms with Crippen molar-refractivity contribution < 1.29 is 9.59 Å². The molecule has 1 aromatic rings. The standard InChI is InChI=1S/C9H12N4O2/c1-5(14)6-2-7(3-6)13-4-8(9(10)15)11-12-13/h4,6-7H,2-3H2,1H3,(H2,10,15). The Morgan fingerprint density at radius 3 is 2.67 bits per heavy atom. The number of hydrogen-bond acceptors (Lipinski definition) is 4. The molecular formula is C9H12N4O2. The molecule has 0 unspecified atom stereocenters. The second-order valence-electron chi connectivity index (χ2n) is 3.88. The lowest BCUT2D eigenvalue weighted by molar-refractivity contribution is -0.124. The van der Waals surface area contributed by atoms with E-state index >= 15 is 0 Å². The number of nitrogens with zero attached hydrogens (tertiary/aromatic N) is 3. The second kappa shape index (κ2) is 3.45. The first-order valence-corrected chi connectivity index (χ1v) is 4.80. The van der Waals surface area contributed by atoms with Crippen molar-refractivity contribution in [2.75, 3.05) is 0 Å². The fourth-order valence-corrected chi connectivity index (χ4v) is 1.70. The Morgan fingerprint density at radius 1 is 1.53 bits per heavy atom. The predicted octanol–water partition coefficient (Wildman–Crippen LogP) is -0.0829. The summed E-state index contributed by atoms with van der Waals surface area (Å²) in [6, 6.07) is 0.180. The minimum Gasteiger partial charge on any atom is -0.364 e. The van der Waals surface area contributed by atoms with Gasteiger partial charge in [-0.1, -0.05) is 5.21 Å². The molecule has 1 aliphatic rings. The van der Waals surface area contributed by atoms with Crippen molar-refractivity contribution in [3.63, 3.8) is 0 Å². The number of carbonyl (C=O) groups excluding carboxylic acids is 2. The first-order chi connectivity index (χ1) is 7.08. The summed E-state index contributed by atoms with van der Waals surface area (Å²) < 4.78 is 1.61. The zero-order valence-corrected chi connectivity index (χ0v) is 8.38. The molecule has 0 aliphatic heterocycles. The lowest BCUT2D eigenvalue weighted by Gasteiger charge is -2.32. The number of amides is 1. The Hall–Kier alpha value is -1.72. The fraction of sp³-hybridized carbons (Fsp3) is 0.556. The van der Waals surface area contributed by atoms with Crippen molar-refractivity contribution >= 4 is 11.7 Å². The molecule has 2 rings (SSSR count). The van der Waals surface area contributed by atoms with E-state index in [1.165, 1.54) is 6.20 Å². The van der Waals surface area contributed by atoms with Gasteiger partial charge in [0.1, 0.15) is 5.78 Å². The molecule has 0 bridgehead atoms. The highest BCUT2D eigenvalue weighted by Gasteiger charge is 2.34. The molecule has 1 aromatic heterocycles. The number of Topliss-reactive ketones (excluding diaryl/α,β-unsaturated/α-hetero) is 1. The number of nitrogens with two attached hydrogens (primary N) is 1. The van der Waals surface area contributed by atoms with Crippen molar-refractivity contribution in [3.8, 4) is 0 Å². The van der Waals surface area contributed by atoms with E-state index in [0.29, 0.717) is 0 Å². The van der Waals surface area contributed by atoms with Gasteiger partial charge in [0.25, 0.3) is 5.91 Å². The van der Waals surface area contributed by atoms with Gasteiger partial charge >= 0.3 is 0 Å². The third-order valence-corrected chi connectivity index (χ3v) is 2.82. The topological polar surface area (TPSA) is 90.9 Å². The summed E-state index contributed by atoms with van der Waals surface area (Å²) in [6.07, 6.45) is 3.08. The summed E-state index contributed by atoms with van der Waals surface area (Å²) in [5.41, 5.74) is 5.22. The largest absolute Gasteiger partial charge is 0.364 e. The number of primary amides is 1. The second-order valence-corrected chi connectivity index (χ2v) is 3.88. The molecule has 0 radical (unpaired) electrons. The molecule has 0 atom stereocenters. The molecule has 1 aliphatic carbocycles. The summed E-state index contributed by atoms with van der Waals surface area (Å²) in [7, 11) is 0. The lowest BCUT2D eigenvalue weighted by atomic mass is 9.78. The van der Waals surface area contributed by atoms with Gasteiger partial charge in [0.15, 0.2) is 5.69 Å². The maximum Gasteiger partial charge on any atom is 0.270 e. The zero-order chi connectivity index (χ0) is 11.0. The smallest absolute Gasteiger partial charge is 0.270 e. The fourth-order valence-electron chi connectivity index (χ4n) is 1.70. The number of ketones is 1. The van der Waals surface area contributed by atoms with Crippen molar-refractivity contribution in [2.24, 2.45) is 11.7 Å². The number of hydrogen-bond donors (Lipinski definition) is 1. The van der Waals surface area contributed by atoms with Crippen molar-refractivity contribution in [2.45, 2.75) is 25.8 Å². The zero-order valence-electron chi connectivity index (χ0n) is 8.38. The normalized spacial score (nSPS) is 24.6. The van der Waals surface area contributed by atoms with E-state index in [2.05, 4.69) is 10.3 Å². The first-order valence-electron chi connectivity index (χ1n) is 4.80. The van der Waals surface area contributed by atoms with Crippen LogP contribution in [0.25, 0.3) is 0 Å². The van der Waals surface area contributed by atoms with Gasteiger partial charge in [-0.05, 0) is 19.8 Å². The van der Waals surface area contributed by atoms with Crippen LogP contribution in [0, 0.1) is 5.92 Å². The van der Waals surface area contributed by atoms with Crippen LogP contribution < -0.4 is 5.73 Å². The van der Waals surface area contributed by atoms with Gasteiger partial charge in [-0.3, -0.25) is 9.59 Å². The van der Waals surface area contributed by atoms with Crippen LogP contribution in [-0.4, -0.2) is 26.7 Å². The van der Waals surface area contributed by atoms with Gasteiger partial charge in [-0.2, -0.15) is 0 Å². The average molecular weight is 208 g/mol. The van der Waals surface area contributed by atoms with Crippen molar-refractivity contribution in [1.29, 1.82) is 0 Å². The Labute approximate surface area is 86.4 Å². The van der Waals surface area contributed by atoms with E-state index in [-0.39, 0.29) is 23.4 Å². The number of rotatable bonds is 3. The van der Waals surface area contributed by atoms with Crippen LogP contribution in [0.4, 0.5) is 0 Å². The molecular weight excluding hydrogens is 196 g/mol. The Bertz CT molecular complexity index is 406. The summed E-state index contributed by atoms with van der Waals surface area (Å²) in [5, 5.41) is 7.45. The highest BCUT2D eigenvalue weighted by atomic mass is 16.1. The molecule has 0 spiro atoms. The van der Waals surface area contributed by atoms with Crippen LogP contribution in [0.5, 0.6) is 0 Å². The van der Waals surface area contributed by atoms with Crippen molar-refractivity contribution in [1.82, 2.24) is 15.0 Å². The average Bonchev–Trinajstić information content (AvgIpc) is 2.49. The quantitative estimate of drug-likeness (QED) is 0.751. The summed E-state index contributed by atoms with van der Waals surface area (Å²) in [6.45, 7) is 1.59. The van der Waals surface area contributed by atoms with Gasteiger partial charge < -0.3 is 5.73 Å². The molecule has 80 valence electrons. The molecule has 0 saturated heterocycles. The molecule has 6 heteroatoms. The van der Waals surface area contributed by atoms with Gasteiger partial charge in [-0.15, -0.1) is 5.10 Å². The van der Waals surface area contributed by atoms with E-state index in [0.717, 1.165) is 12.8 Å². The van der Waals surface area contributed by atoms with Crippen LogP contribution >= 0.6 is 0 Å². The van der Waals surface area contributed by atoms with Crippen LogP contribution in [0.1, 0.15) is 36.3 Å². The Morgan fingerprint density at radius 2 is 2.20 bits per heavy atom. The lowest BCUT2D eigenvalue weighted by Crippen LogP contribution is -2.31. The summed E-state index contributed by atoms with van der Waals surface area (Å²) >= 11 is 0. The van der Waals surface area contributed by atoms with Gasteiger partial charge in [0.05, 0.1) is 12.2 Å². The maximum absolute atomic E-state index is 11.0. The van der Waals surface area contributed by atoms with Crippen LogP contribution in [0.15, 0.2) is 6.20 Å². The van der Waals surface area contributed by atoms with E-state index < -0.39 is 5.91 Å². The molecule has 1 amide bonds. The minimum atomic E-state index is -0.580. The van der Waals surface area contributed by atoms with Gasteiger partial charge in [0.2, 0.25) is 0 Å². The molecule has 0 aromatic carbocycles. The number of carbonyl (C=O) groups is 2. The molecule has 15 heavy (non-hydrogen) atoms. The van der Waals surface area contributed by atoms with Crippen LogP contribution in [-0.2, 0) is 4.79 Å². The van der Waals surface area contributed by atoms with E-state index in [1.807, 2.05) is 0 Å². The highest BCUT2D eigenvalue weighted by Crippen LogP contribution is 2.37. The van der Waals surface area contributed by atoms with Crippen LogP contribution in [0.3, 0.4) is 0 Å². The summed E-state index contributed by atoms with van der Waals surface area (Å²) in [5.74, 6) is -0.235. The SMILES string of the molecule is CC(=O)C1CC(n2cc(C(N)=O)nn2)C1. The van der Waals surface area contributed by atoms with E-state index in [1.54, 1.807) is 11.6 Å². The molecule has 2 N–H and O–H groups in total. The van der Waals surface area contributed by atoms with Gasteiger partial charge in [0, 0.05) is 5.92 Å². The molecule has 6 nitrogen and oxygen atoms in total. The van der Waals surface area contributed by atoms with E-state index in [9.17, 15) is 9.59 Å². The number of aromatic nitrogens is 3. The van der Waals surface area contributed by atoms with E-state index in [4.69, 9.17) is 5.73 Å². The molecule has 1 fully saturated rings. The van der Waals surface area contributed by atoms with Gasteiger partial charge in [-0.25, -0.2) is 4.68 Å². The molecule has 1 saturated carbocycles.